The minimum Gasteiger partial charge on any atom is -0.433 e. The van der Waals surface area contributed by atoms with Gasteiger partial charge in [0.2, 0.25) is 10.0 Å². The summed E-state index contributed by atoms with van der Waals surface area (Å²) in [4.78, 5) is 6.25. The summed E-state index contributed by atoms with van der Waals surface area (Å²) in [6.07, 6.45) is 1.23. The summed E-state index contributed by atoms with van der Waals surface area (Å²) in [5.74, 6) is 0.575. The molecule has 0 amide bonds. The van der Waals surface area contributed by atoms with Gasteiger partial charge >= 0.3 is 6.61 Å². The maximum Gasteiger partial charge on any atom is 0.387 e. The molecule has 1 saturated heterocycles. The lowest BCUT2D eigenvalue weighted by molar-refractivity contribution is -0.0500. The van der Waals surface area contributed by atoms with Crippen LogP contribution in [0.25, 0.3) is 0 Å². The van der Waals surface area contributed by atoms with Gasteiger partial charge in [0.1, 0.15) is 11.6 Å². The predicted octanol–water partition coefficient (Wildman–Crippen LogP) is 2.96. The van der Waals surface area contributed by atoms with Crippen LogP contribution in [-0.2, 0) is 10.0 Å². The molecule has 1 aliphatic rings. The summed E-state index contributed by atoms with van der Waals surface area (Å²) in [6, 6.07) is 9.58. The van der Waals surface area contributed by atoms with Crippen molar-refractivity contribution >= 4 is 31.8 Å². The second-order valence-corrected chi connectivity index (χ2v) is 8.43. The Bertz CT molecular complexity index is 857. The Morgan fingerprint density at radius 3 is 2.42 bits per heavy atom. The molecule has 140 valence electrons. The minimum atomic E-state index is -3.56. The standard InChI is InChI=1S/C16H16BrF2N3O3S/c17-12-2-1-3-14(10-12)26(23,24)22-8-6-21(7-9-22)15-5-4-13(11-20-15)25-16(18)19/h1-5,10-11,16H,6-9H2. The van der Waals surface area contributed by atoms with Crippen molar-refractivity contribution in [3.8, 4) is 5.75 Å². The monoisotopic (exact) mass is 447 g/mol. The largest absolute Gasteiger partial charge is 0.433 e. The fraction of sp³-hybridized carbons (Fsp3) is 0.312. The van der Waals surface area contributed by atoms with Crippen molar-refractivity contribution in [3.05, 3.63) is 47.1 Å². The molecule has 0 spiro atoms. The fourth-order valence-corrected chi connectivity index (χ4v) is 4.69. The van der Waals surface area contributed by atoms with Crippen LogP contribution in [0.15, 0.2) is 52.0 Å². The number of aromatic nitrogens is 1. The molecule has 0 saturated carbocycles. The van der Waals surface area contributed by atoms with E-state index >= 15 is 0 Å². The van der Waals surface area contributed by atoms with E-state index in [0.29, 0.717) is 36.5 Å². The first-order valence-corrected chi connectivity index (χ1v) is 10.0. The summed E-state index contributed by atoms with van der Waals surface area (Å²) in [6.45, 7) is -1.36. The van der Waals surface area contributed by atoms with E-state index in [1.165, 1.54) is 16.6 Å². The molecule has 0 unspecified atom stereocenters. The second-order valence-electron chi connectivity index (χ2n) is 5.58. The Labute approximate surface area is 158 Å². The van der Waals surface area contributed by atoms with E-state index in [1.54, 1.807) is 30.3 Å². The maximum atomic E-state index is 12.7. The van der Waals surface area contributed by atoms with Crippen molar-refractivity contribution in [1.82, 2.24) is 9.29 Å². The third-order valence-electron chi connectivity index (χ3n) is 3.94. The van der Waals surface area contributed by atoms with E-state index < -0.39 is 16.6 Å². The highest BCUT2D eigenvalue weighted by Gasteiger charge is 2.29. The molecule has 26 heavy (non-hydrogen) atoms. The third kappa shape index (κ3) is 4.30. The van der Waals surface area contributed by atoms with Crippen molar-refractivity contribution in [2.75, 3.05) is 31.1 Å². The molecule has 0 aliphatic carbocycles. The molecule has 1 fully saturated rings. The van der Waals surface area contributed by atoms with Crippen molar-refractivity contribution in [3.63, 3.8) is 0 Å². The van der Waals surface area contributed by atoms with Crippen LogP contribution in [0.5, 0.6) is 5.75 Å². The van der Waals surface area contributed by atoms with Gasteiger partial charge in [-0.1, -0.05) is 22.0 Å². The molecule has 0 radical (unpaired) electrons. The van der Waals surface area contributed by atoms with Gasteiger partial charge in [0.25, 0.3) is 0 Å². The number of piperazine rings is 1. The van der Waals surface area contributed by atoms with E-state index in [9.17, 15) is 17.2 Å². The molecular formula is C16H16BrF2N3O3S. The van der Waals surface area contributed by atoms with E-state index in [4.69, 9.17) is 0 Å². The van der Waals surface area contributed by atoms with Gasteiger partial charge in [-0.05, 0) is 30.3 Å². The van der Waals surface area contributed by atoms with Crippen molar-refractivity contribution in [1.29, 1.82) is 0 Å². The Hall–Kier alpha value is -1.78. The number of nitrogens with zero attached hydrogens (tertiary/aromatic N) is 3. The Kier molecular flexibility index (Phi) is 5.73. The first kappa shape index (κ1) is 19.0. The Balaban J connectivity index is 1.65. The summed E-state index contributed by atoms with van der Waals surface area (Å²) < 4.78 is 56.2. The van der Waals surface area contributed by atoms with E-state index in [-0.39, 0.29) is 10.6 Å². The lowest BCUT2D eigenvalue weighted by atomic mass is 10.3. The number of pyridine rings is 1. The molecule has 0 atom stereocenters. The van der Waals surface area contributed by atoms with Crippen LogP contribution in [0.2, 0.25) is 0 Å². The molecule has 0 N–H and O–H groups in total. The van der Waals surface area contributed by atoms with Crippen LogP contribution >= 0.6 is 15.9 Å². The first-order chi connectivity index (χ1) is 12.4. The van der Waals surface area contributed by atoms with Gasteiger partial charge in [0.05, 0.1) is 11.1 Å². The minimum absolute atomic E-state index is 0.0142. The van der Waals surface area contributed by atoms with Crippen molar-refractivity contribution in [2.45, 2.75) is 11.5 Å². The number of benzene rings is 1. The highest BCUT2D eigenvalue weighted by atomic mass is 79.9. The van der Waals surface area contributed by atoms with E-state index in [1.807, 2.05) is 4.90 Å². The van der Waals surface area contributed by atoms with Crippen LogP contribution in [0.4, 0.5) is 14.6 Å². The molecule has 1 aliphatic heterocycles. The number of ether oxygens (including phenoxy) is 1. The number of anilines is 1. The van der Waals surface area contributed by atoms with Gasteiger partial charge in [-0.2, -0.15) is 13.1 Å². The normalized spacial score (nSPS) is 16.1. The Morgan fingerprint density at radius 2 is 1.85 bits per heavy atom. The number of halogens is 3. The highest BCUT2D eigenvalue weighted by molar-refractivity contribution is 9.10. The highest BCUT2D eigenvalue weighted by Crippen LogP contribution is 2.23. The number of rotatable bonds is 5. The fourth-order valence-electron chi connectivity index (χ4n) is 2.67. The van der Waals surface area contributed by atoms with E-state index in [2.05, 4.69) is 25.7 Å². The molecule has 1 aromatic carbocycles. The molecular weight excluding hydrogens is 432 g/mol. The lowest BCUT2D eigenvalue weighted by Gasteiger charge is -2.34. The molecule has 2 aromatic rings. The average molecular weight is 448 g/mol. The number of hydrogen-bond acceptors (Lipinski definition) is 5. The summed E-state index contributed by atoms with van der Waals surface area (Å²) in [5, 5.41) is 0. The maximum absolute atomic E-state index is 12.7. The third-order valence-corrected chi connectivity index (χ3v) is 6.33. The molecule has 10 heteroatoms. The van der Waals surface area contributed by atoms with Gasteiger partial charge in [-0.15, -0.1) is 0 Å². The van der Waals surface area contributed by atoms with Gasteiger partial charge in [0.15, 0.2) is 0 Å². The topological polar surface area (TPSA) is 62.7 Å². The quantitative estimate of drug-likeness (QED) is 0.704. The van der Waals surface area contributed by atoms with Crippen LogP contribution in [-0.4, -0.2) is 50.5 Å². The summed E-state index contributed by atoms with van der Waals surface area (Å²) in [5.41, 5.74) is 0. The first-order valence-electron chi connectivity index (χ1n) is 7.78. The van der Waals surface area contributed by atoms with Crippen molar-refractivity contribution < 1.29 is 21.9 Å². The van der Waals surface area contributed by atoms with E-state index in [0.717, 1.165) is 0 Å². The zero-order chi connectivity index (χ0) is 18.7. The summed E-state index contributed by atoms with van der Waals surface area (Å²) in [7, 11) is -3.56. The number of alkyl halides is 2. The molecule has 2 heterocycles. The Morgan fingerprint density at radius 1 is 1.12 bits per heavy atom. The van der Waals surface area contributed by atoms with Crippen LogP contribution < -0.4 is 9.64 Å². The molecule has 1 aromatic heterocycles. The smallest absolute Gasteiger partial charge is 0.387 e. The predicted molar refractivity (Wildman–Crippen MR) is 96.0 cm³/mol. The zero-order valence-corrected chi connectivity index (χ0v) is 16.0. The molecule has 6 nitrogen and oxygen atoms in total. The van der Waals surface area contributed by atoms with Gasteiger partial charge < -0.3 is 9.64 Å². The summed E-state index contributed by atoms with van der Waals surface area (Å²) >= 11 is 3.28. The lowest BCUT2D eigenvalue weighted by Crippen LogP contribution is -2.48. The molecule has 0 bridgehead atoms. The molecule has 3 rings (SSSR count). The van der Waals surface area contributed by atoms with Gasteiger partial charge in [-0.25, -0.2) is 13.4 Å². The number of sulfonamides is 1. The SMILES string of the molecule is O=S(=O)(c1cccc(Br)c1)N1CCN(c2ccc(OC(F)F)cn2)CC1. The van der Waals surface area contributed by atoms with Gasteiger partial charge in [-0.3, -0.25) is 0 Å². The van der Waals surface area contributed by atoms with Crippen LogP contribution in [0.1, 0.15) is 0 Å². The number of hydrogen-bond donors (Lipinski definition) is 0. The van der Waals surface area contributed by atoms with Gasteiger partial charge in [0, 0.05) is 30.7 Å². The average Bonchev–Trinajstić information content (AvgIpc) is 2.62. The zero-order valence-electron chi connectivity index (χ0n) is 13.6. The van der Waals surface area contributed by atoms with Crippen molar-refractivity contribution in [2.24, 2.45) is 0 Å². The van der Waals surface area contributed by atoms with Crippen LogP contribution in [0, 0.1) is 0 Å². The second kappa shape index (κ2) is 7.85. The van der Waals surface area contributed by atoms with Crippen LogP contribution in [0.3, 0.4) is 0 Å².